The molecule has 0 aliphatic carbocycles. The first kappa shape index (κ1) is 22.4. The van der Waals surface area contributed by atoms with Crippen LogP contribution >= 0.6 is 23.5 Å². The highest BCUT2D eigenvalue weighted by atomic mass is 32.2. The lowest BCUT2D eigenvalue weighted by Crippen LogP contribution is -2.11. The van der Waals surface area contributed by atoms with Crippen LogP contribution < -0.4 is 0 Å². The zero-order valence-corrected chi connectivity index (χ0v) is 19.8. The molecule has 2 fully saturated rings. The monoisotopic (exact) mass is 420 g/mol. The standard InChI is InChI=1S/C25H40OS2/c1-4-6-8-19-12-22(27-16-19)14-21-11-10-18(3)25(26)24(21)15-23-13-20(17-28-23)9-7-5-2/h10-11,19-20,22-23,26H,4-9,12-17H2,1-3H3. The second-order valence-corrected chi connectivity index (χ2v) is 11.8. The lowest BCUT2D eigenvalue weighted by molar-refractivity contribution is 0.455. The number of phenolic OH excluding ortho intramolecular Hbond substituents is 1. The van der Waals surface area contributed by atoms with Crippen LogP contribution in [0.3, 0.4) is 0 Å². The maximum absolute atomic E-state index is 10.9. The van der Waals surface area contributed by atoms with E-state index in [0.717, 1.165) is 35.5 Å². The Hall–Kier alpha value is -0.280. The molecule has 158 valence electrons. The molecular weight excluding hydrogens is 380 g/mol. The van der Waals surface area contributed by atoms with Crippen molar-refractivity contribution in [1.82, 2.24) is 0 Å². The second-order valence-electron chi connectivity index (χ2n) is 9.18. The van der Waals surface area contributed by atoms with Gasteiger partial charge in [0.15, 0.2) is 0 Å². The van der Waals surface area contributed by atoms with E-state index in [2.05, 4.69) is 56.4 Å². The van der Waals surface area contributed by atoms with Gasteiger partial charge in [0.1, 0.15) is 5.75 Å². The first-order chi connectivity index (χ1) is 13.6. The molecular formula is C25H40OS2. The highest BCUT2D eigenvalue weighted by Crippen LogP contribution is 2.41. The third-order valence-electron chi connectivity index (χ3n) is 6.72. The van der Waals surface area contributed by atoms with Crippen molar-refractivity contribution < 1.29 is 5.11 Å². The summed E-state index contributed by atoms with van der Waals surface area (Å²) in [5, 5.41) is 12.3. The van der Waals surface area contributed by atoms with Crippen molar-refractivity contribution in [3.8, 4) is 5.75 Å². The van der Waals surface area contributed by atoms with Gasteiger partial charge in [0, 0.05) is 10.5 Å². The minimum Gasteiger partial charge on any atom is -0.507 e. The average Bonchev–Trinajstić information content (AvgIpc) is 3.33. The molecule has 2 aliphatic rings. The minimum absolute atomic E-state index is 0.584. The van der Waals surface area contributed by atoms with Crippen molar-refractivity contribution in [1.29, 1.82) is 0 Å². The van der Waals surface area contributed by atoms with E-state index < -0.39 is 0 Å². The maximum Gasteiger partial charge on any atom is 0.121 e. The van der Waals surface area contributed by atoms with E-state index in [0.29, 0.717) is 11.0 Å². The molecule has 28 heavy (non-hydrogen) atoms. The number of rotatable bonds is 10. The van der Waals surface area contributed by atoms with Crippen LogP contribution in [-0.2, 0) is 12.8 Å². The van der Waals surface area contributed by atoms with Crippen LogP contribution in [-0.4, -0.2) is 27.1 Å². The predicted octanol–water partition coefficient (Wildman–Crippen LogP) is 7.41. The molecule has 4 unspecified atom stereocenters. The Balaban J connectivity index is 1.62. The number of unbranched alkanes of at least 4 members (excludes halogenated alkanes) is 2. The summed E-state index contributed by atoms with van der Waals surface area (Å²) in [7, 11) is 0. The van der Waals surface area contributed by atoms with E-state index >= 15 is 0 Å². The number of aryl methyl sites for hydroxylation is 1. The van der Waals surface area contributed by atoms with Gasteiger partial charge in [-0.25, -0.2) is 0 Å². The van der Waals surface area contributed by atoms with Gasteiger partial charge in [-0.05, 0) is 85.5 Å². The Morgan fingerprint density at radius 3 is 2.04 bits per heavy atom. The molecule has 2 saturated heterocycles. The Bertz CT molecular complexity index is 615. The van der Waals surface area contributed by atoms with Gasteiger partial charge in [0.05, 0.1) is 0 Å². The predicted molar refractivity (Wildman–Crippen MR) is 128 cm³/mol. The van der Waals surface area contributed by atoms with Gasteiger partial charge in [-0.1, -0.05) is 51.7 Å². The fourth-order valence-corrected chi connectivity index (χ4v) is 8.01. The van der Waals surface area contributed by atoms with Crippen LogP contribution in [0.5, 0.6) is 5.75 Å². The molecule has 0 spiro atoms. The van der Waals surface area contributed by atoms with Crippen molar-refractivity contribution in [3.05, 3.63) is 28.8 Å². The Morgan fingerprint density at radius 1 is 0.893 bits per heavy atom. The second kappa shape index (κ2) is 11.2. The molecule has 3 heteroatoms. The molecule has 4 atom stereocenters. The van der Waals surface area contributed by atoms with Gasteiger partial charge in [-0.15, -0.1) is 0 Å². The SMILES string of the molecule is CCCCC1CSC(Cc2ccc(C)c(O)c2CC2CC(CCCC)CS2)C1. The molecule has 1 aromatic carbocycles. The highest BCUT2D eigenvalue weighted by Gasteiger charge is 2.29. The number of benzene rings is 1. The van der Waals surface area contributed by atoms with Crippen molar-refractivity contribution in [3.63, 3.8) is 0 Å². The molecule has 2 heterocycles. The summed E-state index contributed by atoms with van der Waals surface area (Å²) in [6.45, 7) is 6.65. The normalized spacial score (nSPS) is 27.5. The molecule has 0 aromatic heterocycles. The Kier molecular flexibility index (Phi) is 8.97. The summed E-state index contributed by atoms with van der Waals surface area (Å²) >= 11 is 4.33. The fourth-order valence-electron chi connectivity index (χ4n) is 4.92. The summed E-state index contributed by atoms with van der Waals surface area (Å²) in [6.07, 6.45) is 13.1. The molecule has 0 saturated carbocycles. The third-order valence-corrected chi connectivity index (χ3v) is 9.71. The van der Waals surface area contributed by atoms with Gasteiger partial charge in [-0.2, -0.15) is 23.5 Å². The summed E-state index contributed by atoms with van der Waals surface area (Å²) in [5.41, 5.74) is 3.74. The van der Waals surface area contributed by atoms with E-state index in [4.69, 9.17) is 0 Å². The molecule has 3 rings (SSSR count). The van der Waals surface area contributed by atoms with E-state index in [9.17, 15) is 5.11 Å². The van der Waals surface area contributed by atoms with Gasteiger partial charge >= 0.3 is 0 Å². The molecule has 1 aromatic rings. The summed E-state index contributed by atoms with van der Waals surface area (Å²) in [6, 6.07) is 4.45. The number of aromatic hydroxyl groups is 1. The first-order valence-corrected chi connectivity index (χ1v) is 13.7. The van der Waals surface area contributed by atoms with Gasteiger partial charge in [0.25, 0.3) is 0 Å². The zero-order chi connectivity index (χ0) is 19.9. The average molecular weight is 421 g/mol. The summed E-state index contributed by atoms with van der Waals surface area (Å²) in [4.78, 5) is 0. The van der Waals surface area contributed by atoms with Crippen LogP contribution in [0.2, 0.25) is 0 Å². The fraction of sp³-hybridized carbons (Fsp3) is 0.760. The first-order valence-electron chi connectivity index (χ1n) is 11.6. The lowest BCUT2D eigenvalue weighted by Gasteiger charge is -2.19. The van der Waals surface area contributed by atoms with Crippen molar-refractivity contribution in [2.24, 2.45) is 11.8 Å². The third kappa shape index (κ3) is 6.11. The Morgan fingerprint density at radius 2 is 1.46 bits per heavy atom. The van der Waals surface area contributed by atoms with E-state index in [1.54, 1.807) is 0 Å². The maximum atomic E-state index is 10.9. The lowest BCUT2D eigenvalue weighted by atomic mass is 9.90. The van der Waals surface area contributed by atoms with E-state index in [1.807, 2.05) is 0 Å². The minimum atomic E-state index is 0.584. The van der Waals surface area contributed by atoms with Crippen LogP contribution in [0.15, 0.2) is 12.1 Å². The van der Waals surface area contributed by atoms with Crippen LogP contribution in [0.25, 0.3) is 0 Å². The summed E-state index contributed by atoms with van der Waals surface area (Å²) < 4.78 is 0. The highest BCUT2D eigenvalue weighted by molar-refractivity contribution is 8.00. The quantitative estimate of drug-likeness (QED) is 0.425. The van der Waals surface area contributed by atoms with Crippen molar-refractivity contribution >= 4 is 23.5 Å². The number of hydrogen-bond donors (Lipinski definition) is 1. The Labute approximate surface area is 181 Å². The molecule has 0 radical (unpaired) electrons. The number of hydrogen-bond acceptors (Lipinski definition) is 3. The molecule has 1 N–H and O–H groups in total. The van der Waals surface area contributed by atoms with Crippen molar-refractivity contribution in [2.75, 3.05) is 11.5 Å². The van der Waals surface area contributed by atoms with Crippen LogP contribution in [0, 0.1) is 18.8 Å². The molecule has 2 aliphatic heterocycles. The van der Waals surface area contributed by atoms with Crippen LogP contribution in [0.1, 0.15) is 81.9 Å². The van der Waals surface area contributed by atoms with Crippen molar-refractivity contribution in [2.45, 2.75) is 95.5 Å². The number of phenols is 1. The van der Waals surface area contributed by atoms with E-state index in [1.165, 1.54) is 74.0 Å². The number of thioether (sulfide) groups is 2. The zero-order valence-electron chi connectivity index (χ0n) is 18.2. The van der Waals surface area contributed by atoms with E-state index in [-0.39, 0.29) is 0 Å². The van der Waals surface area contributed by atoms with Gasteiger partial charge < -0.3 is 5.11 Å². The molecule has 0 bridgehead atoms. The molecule has 0 amide bonds. The van der Waals surface area contributed by atoms with Gasteiger partial charge in [-0.3, -0.25) is 0 Å². The van der Waals surface area contributed by atoms with Gasteiger partial charge in [0.2, 0.25) is 0 Å². The smallest absolute Gasteiger partial charge is 0.121 e. The summed E-state index contributed by atoms with van der Waals surface area (Å²) in [5.74, 6) is 5.07. The molecule has 1 nitrogen and oxygen atoms in total. The van der Waals surface area contributed by atoms with Crippen LogP contribution in [0.4, 0.5) is 0 Å². The largest absolute Gasteiger partial charge is 0.507 e. The topological polar surface area (TPSA) is 20.2 Å².